The van der Waals surface area contributed by atoms with Crippen molar-refractivity contribution in [2.75, 3.05) is 17.2 Å². The number of rotatable bonds is 4. The van der Waals surface area contributed by atoms with Gasteiger partial charge in [-0.3, -0.25) is 10.1 Å². The number of anilines is 2. The third kappa shape index (κ3) is 3.09. The summed E-state index contributed by atoms with van der Waals surface area (Å²) in [6.45, 7) is 2.35. The number of hydrogen-bond donors (Lipinski definition) is 3. The highest BCUT2D eigenvalue weighted by Gasteiger charge is 2.29. The van der Waals surface area contributed by atoms with Gasteiger partial charge in [0, 0.05) is 23.3 Å². The molecule has 1 atom stereocenters. The molecule has 114 valence electrons. The van der Waals surface area contributed by atoms with Gasteiger partial charge in [-0.2, -0.15) is 0 Å². The number of carbonyl (C=O) groups excluding carboxylic acids is 2. The molecule has 1 aliphatic rings. The van der Waals surface area contributed by atoms with Gasteiger partial charge in [0.1, 0.15) is 0 Å². The first-order chi connectivity index (χ1) is 10.6. The summed E-state index contributed by atoms with van der Waals surface area (Å²) in [5, 5.41) is 8.85. The number of benzene rings is 1. The molecule has 1 aromatic carbocycles. The maximum atomic E-state index is 12.0. The summed E-state index contributed by atoms with van der Waals surface area (Å²) in [5.74, 6) is -0.224. The van der Waals surface area contributed by atoms with Crippen molar-refractivity contribution in [3.8, 4) is 0 Å². The second kappa shape index (κ2) is 6.15. The van der Waals surface area contributed by atoms with Gasteiger partial charge < -0.3 is 10.6 Å². The molecule has 7 heteroatoms. The Hall–Kier alpha value is -2.41. The van der Waals surface area contributed by atoms with Crippen molar-refractivity contribution in [2.45, 2.75) is 19.3 Å². The molecule has 6 nitrogen and oxygen atoms in total. The lowest BCUT2D eigenvalue weighted by Gasteiger charge is -2.10. The molecule has 0 fully saturated rings. The normalized spacial score (nSPS) is 16.0. The number of thiazole rings is 1. The van der Waals surface area contributed by atoms with Gasteiger partial charge in [-0.1, -0.05) is 18.2 Å². The van der Waals surface area contributed by atoms with Crippen LogP contribution >= 0.6 is 11.3 Å². The predicted octanol–water partition coefficient (Wildman–Crippen LogP) is 2.70. The number of amides is 3. The Morgan fingerprint density at radius 1 is 1.41 bits per heavy atom. The number of nitrogens with one attached hydrogen (secondary N) is 3. The summed E-state index contributed by atoms with van der Waals surface area (Å²) in [5.41, 5.74) is 1.85. The van der Waals surface area contributed by atoms with Crippen LogP contribution in [-0.2, 0) is 4.79 Å². The molecule has 0 saturated heterocycles. The van der Waals surface area contributed by atoms with Crippen LogP contribution in [0.3, 0.4) is 0 Å². The van der Waals surface area contributed by atoms with Crippen LogP contribution in [0.2, 0.25) is 0 Å². The van der Waals surface area contributed by atoms with E-state index in [1.54, 1.807) is 6.20 Å². The lowest BCUT2D eigenvalue weighted by molar-refractivity contribution is -0.117. The molecule has 0 radical (unpaired) electrons. The Balaban J connectivity index is 1.51. The van der Waals surface area contributed by atoms with Crippen LogP contribution in [0.15, 0.2) is 30.5 Å². The first-order valence-electron chi connectivity index (χ1n) is 7.00. The number of aryl methyl sites for hydroxylation is 1. The molecule has 2 heterocycles. The maximum absolute atomic E-state index is 12.0. The molecular formula is C15H16N4O2S. The molecule has 3 rings (SSSR count). The van der Waals surface area contributed by atoms with E-state index in [4.69, 9.17) is 0 Å². The van der Waals surface area contributed by atoms with Gasteiger partial charge in [0.05, 0.1) is 5.92 Å². The Morgan fingerprint density at radius 2 is 2.23 bits per heavy atom. The highest BCUT2D eigenvalue weighted by molar-refractivity contribution is 7.15. The summed E-state index contributed by atoms with van der Waals surface area (Å²) in [4.78, 5) is 28.8. The fourth-order valence-electron chi connectivity index (χ4n) is 2.45. The summed E-state index contributed by atoms with van der Waals surface area (Å²) in [7, 11) is 0. The molecule has 1 aromatic heterocycles. The summed E-state index contributed by atoms with van der Waals surface area (Å²) >= 11 is 1.42. The first-order valence-corrected chi connectivity index (χ1v) is 7.82. The van der Waals surface area contributed by atoms with Crippen molar-refractivity contribution in [1.29, 1.82) is 0 Å². The van der Waals surface area contributed by atoms with Crippen LogP contribution in [0.5, 0.6) is 0 Å². The number of nitrogens with zero attached hydrogens (tertiary/aromatic N) is 1. The number of hydrogen-bond acceptors (Lipinski definition) is 4. The summed E-state index contributed by atoms with van der Waals surface area (Å²) < 4.78 is 0. The van der Waals surface area contributed by atoms with Crippen LogP contribution in [0, 0.1) is 6.92 Å². The van der Waals surface area contributed by atoms with Gasteiger partial charge in [-0.25, -0.2) is 9.78 Å². The van der Waals surface area contributed by atoms with Crippen molar-refractivity contribution in [2.24, 2.45) is 0 Å². The zero-order valence-corrected chi connectivity index (χ0v) is 12.9. The minimum Gasteiger partial charge on any atom is -0.338 e. The number of carbonyl (C=O) groups is 2. The number of para-hydroxylation sites is 1. The Kier molecular flexibility index (Phi) is 4.06. The fourth-order valence-corrected chi connectivity index (χ4v) is 3.11. The van der Waals surface area contributed by atoms with Crippen LogP contribution in [-0.4, -0.2) is 23.5 Å². The largest absolute Gasteiger partial charge is 0.338 e. The molecule has 0 saturated carbocycles. The highest BCUT2D eigenvalue weighted by Crippen LogP contribution is 2.33. The van der Waals surface area contributed by atoms with E-state index in [1.807, 2.05) is 31.2 Å². The minimum absolute atomic E-state index is 0.0149. The molecule has 0 spiro atoms. The van der Waals surface area contributed by atoms with Crippen molar-refractivity contribution in [3.05, 3.63) is 40.9 Å². The van der Waals surface area contributed by atoms with E-state index in [9.17, 15) is 9.59 Å². The van der Waals surface area contributed by atoms with E-state index in [0.717, 1.165) is 16.1 Å². The van der Waals surface area contributed by atoms with E-state index in [0.29, 0.717) is 18.1 Å². The van der Waals surface area contributed by atoms with Crippen LogP contribution in [0.4, 0.5) is 15.6 Å². The van der Waals surface area contributed by atoms with Gasteiger partial charge in [0.25, 0.3) is 0 Å². The van der Waals surface area contributed by atoms with E-state index >= 15 is 0 Å². The topological polar surface area (TPSA) is 83.1 Å². The van der Waals surface area contributed by atoms with Gasteiger partial charge in [0.2, 0.25) is 5.91 Å². The minimum atomic E-state index is -0.305. The van der Waals surface area contributed by atoms with E-state index in [2.05, 4.69) is 20.9 Å². The van der Waals surface area contributed by atoms with Gasteiger partial charge in [-0.15, -0.1) is 11.3 Å². The SMILES string of the molecule is Cc1cnc(NC(=O)NCC[C@@H]2C(=O)Nc3ccccc32)s1. The number of aromatic nitrogens is 1. The molecule has 3 N–H and O–H groups in total. The zero-order valence-electron chi connectivity index (χ0n) is 12.1. The molecular weight excluding hydrogens is 300 g/mol. The quantitative estimate of drug-likeness (QED) is 0.811. The van der Waals surface area contributed by atoms with Crippen molar-refractivity contribution >= 4 is 34.1 Å². The van der Waals surface area contributed by atoms with Crippen molar-refractivity contribution < 1.29 is 9.59 Å². The fraction of sp³-hybridized carbons (Fsp3) is 0.267. The molecule has 3 amide bonds. The molecule has 2 aromatic rings. The smallest absolute Gasteiger partial charge is 0.321 e. The molecule has 1 aliphatic heterocycles. The Labute approximate surface area is 132 Å². The zero-order chi connectivity index (χ0) is 15.5. The van der Waals surface area contributed by atoms with E-state index < -0.39 is 0 Å². The van der Waals surface area contributed by atoms with Crippen LogP contribution in [0.25, 0.3) is 0 Å². The summed E-state index contributed by atoms with van der Waals surface area (Å²) in [6, 6.07) is 7.33. The third-order valence-corrected chi connectivity index (χ3v) is 4.30. The first kappa shape index (κ1) is 14.5. The lowest BCUT2D eigenvalue weighted by atomic mass is 9.97. The lowest BCUT2D eigenvalue weighted by Crippen LogP contribution is -2.31. The maximum Gasteiger partial charge on any atom is 0.321 e. The van der Waals surface area contributed by atoms with Gasteiger partial charge in [-0.05, 0) is 25.0 Å². The predicted molar refractivity (Wildman–Crippen MR) is 86.3 cm³/mol. The number of urea groups is 1. The molecule has 0 unspecified atom stereocenters. The monoisotopic (exact) mass is 316 g/mol. The van der Waals surface area contributed by atoms with E-state index in [1.165, 1.54) is 11.3 Å². The second-order valence-electron chi connectivity index (χ2n) is 5.07. The second-order valence-corrected chi connectivity index (χ2v) is 6.31. The summed E-state index contributed by atoms with van der Waals surface area (Å²) in [6.07, 6.45) is 2.27. The van der Waals surface area contributed by atoms with Crippen LogP contribution in [0.1, 0.15) is 22.8 Å². The van der Waals surface area contributed by atoms with Crippen molar-refractivity contribution in [1.82, 2.24) is 10.3 Å². The standard InChI is InChI=1S/C15H16N4O2S/c1-9-8-17-15(22-9)19-14(21)16-7-6-11-10-4-2-3-5-12(10)18-13(11)20/h2-5,8,11H,6-7H2,1H3,(H,18,20)(H2,16,17,19,21)/t11-/m0/s1. The Morgan fingerprint density at radius 3 is 3.00 bits per heavy atom. The third-order valence-electron chi connectivity index (χ3n) is 3.47. The molecule has 0 bridgehead atoms. The van der Waals surface area contributed by atoms with Crippen LogP contribution < -0.4 is 16.0 Å². The average Bonchev–Trinajstić information content (AvgIpc) is 3.03. The molecule has 0 aliphatic carbocycles. The Bertz CT molecular complexity index is 713. The molecule has 22 heavy (non-hydrogen) atoms. The average molecular weight is 316 g/mol. The number of fused-ring (bicyclic) bond motifs is 1. The van der Waals surface area contributed by atoms with E-state index in [-0.39, 0.29) is 17.9 Å². The van der Waals surface area contributed by atoms with Gasteiger partial charge >= 0.3 is 6.03 Å². The van der Waals surface area contributed by atoms with Gasteiger partial charge in [0.15, 0.2) is 5.13 Å². The van der Waals surface area contributed by atoms with Crippen molar-refractivity contribution in [3.63, 3.8) is 0 Å². The highest BCUT2D eigenvalue weighted by atomic mass is 32.1.